The zero-order chi connectivity index (χ0) is 59.1. The molecule has 3 aliphatic rings. The summed E-state index contributed by atoms with van der Waals surface area (Å²) in [5.74, 6) is 0.00387. The number of likely N-dealkylation sites (N-methyl/N-ethyl adjacent to an activating group) is 2. The predicted molar refractivity (Wildman–Crippen MR) is 329 cm³/mol. The van der Waals surface area contributed by atoms with Gasteiger partial charge in [-0.25, -0.2) is 9.97 Å². The molecule has 3 aliphatic heterocycles. The number of aromatic amines is 2. The highest BCUT2D eigenvalue weighted by Crippen LogP contribution is 2.40. The molecular formula is C65H90N12O6. The summed E-state index contributed by atoms with van der Waals surface area (Å²) >= 11 is 0. The molecule has 18 heteroatoms. The van der Waals surface area contributed by atoms with Gasteiger partial charge in [-0.15, -0.1) is 0 Å². The van der Waals surface area contributed by atoms with Crippen molar-refractivity contribution in [3.63, 3.8) is 0 Å². The fourth-order valence-corrected chi connectivity index (χ4v) is 11.5. The number of hydrogen-bond donors (Lipinski definition) is 6. The van der Waals surface area contributed by atoms with Crippen LogP contribution in [0.25, 0.3) is 44.3 Å². The number of carbonyl (C=O) groups is 6. The third-order valence-corrected chi connectivity index (χ3v) is 16.2. The summed E-state index contributed by atoms with van der Waals surface area (Å²) in [6.07, 6.45) is 14.5. The molecule has 83 heavy (non-hydrogen) atoms. The number of unbranched alkanes of at least 4 members (excludes halogenated alkanes) is 7. The van der Waals surface area contributed by atoms with Crippen LogP contribution in [0.3, 0.4) is 0 Å². The van der Waals surface area contributed by atoms with Crippen molar-refractivity contribution < 1.29 is 28.8 Å². The van der Waals surface area contributed by atoms with Crippen LogP contribution in [-0.2, 0) is 28.8 Å². The highest BCUT2D eigenvalue weighted by Gasteiger charge is 2.44. The van der Waals surface area contributed by atoms with Crippen LogP contribution >= 0.6 is 0 Å². The van der Waals surface area contributed by atoms with Crippen LogP contribution in [0, 0.1) is 0 Å². The smallest absolute Gasteiger partial charge is 0.247 e. The fraction of sp³-hybridized carbons (Fsp3) is 0.508. The number of fused-ring (bicyclic) bond motifs is 3. The second-order valence-electron chi connectivity index (χ2n) is 22.1. The minimum absolute atomic E-state index is 0.0118. The van der Waals surface area contributed by atoms with Gasteiger partial charge in [-0.3, -0.25) is 28.8 Å². The molecule has 0 spiro atoms. The molecule has 6 amide bonds. The van der Waals surface area contributed by atoms with Gasteiger partial charge in [-0.1, -0.05) is 130 Å². The van der Waals surface area contributed by atoms with E-state index in [1.54, 1.807) is 41.9 Å². The van der Waals surface area contributed by atoms with Gasteiger partial charge in [-0.2, -0.15) is 0 Å². The van der Waals surface area contributed by atoms with Crippen LogP contribution in [0.2, 0.25) is 0 Å². The van der Waals surface area contributed by atoms with Crippen molar-refractivity contribution in [1.29, 1.82) is 0 Å². The van der Waals surface area contributed by atoms with Gasteiger partial charge < -0.3 is 50.8 Å². The topological polar surface area (TPSA) is 221 Å². The van der Waals surface area contributed by atoms with E-state index in [2.05, 4.69) is 72.6 Å². The molecule has 9 rings (SSSR count). The minimum Gasteiger partial charge on any atom is -0.345 e. The summed E-state index contributed by atoms with van der Waals surface area (Å²) in [7, 11) is 5.46. The summed E-state index contributed by atoms with van der Waals surface area (Å²) in [6.45, 7) is 8.13. The average Bonchev–Trinajstić information content (AvgIpc) is 4.52. The number of aromatic nitrogens is 4. The van der Waals surface area contributed by atoms with E-state index in [4.69, 9.17) is 4.98 Å². The van der Waals surface area contributed by atoms with E-state index in [0.29, 0.717) is 45.4 Å². The van der Waals surface area contributed by atoms with Crippen LogP contribution < -0.4 is 21.3 Å². The Bertz CT molecular complexity index is 3010. The summed E-state index contributed by atoms with van der Waals surface area (Å²) in [5, 5.41) is 11.6. The highest BCUT2D eigenvalue weighted by molar-refractivity contribution is 5.94. The maximum absolute atomic E-state index is 14.6. The standard InChI is InChI=1S/C50H73N9O6.C13H10N2.C2H7N/c1-5-43(60)52-40(49(64)57-30-18-19-31-57)33-56(6-2)44(61)25-16-11-9-7-8-10-12-17-26-45(62)58-32-29-37-27-28-42(59(37)50(65)41(34-58)54-48(63)35(3)51-4)47-53-39-24-20-23-38(46(39)55-47)36-21-14-13-15-22-36;1-2-5-10(6-3-1)11-7-4-8-12-13(11)15-9-14-12;1-3-2/h13-15,20-24,35,37,40-42,51H,5-12,16-19,25-34H2,1-4H3,(H,52,60)(H,53,55)(H,54,63);1-9H,(H,14,15);3H,1-2H3/t35?,37?,40-,41?,42?;;/m0../s1. The molecule has 6 N–H and O–H groups in total. The van der Waals surface area contributed by atoms with Gasteiger partial charge >= 0.3 is 0 Å². The lowest BCUT2D eigenvalue weighted by molar-refractivity contribution is -0.144. The van der Waals surface area contributed by atoms with Gasteiger partial charge in [0, 0.05) is 75.7 Å². The van der Waals surface area contributed by atoms with Crippen LogP contribution in [0.15, 0.2) is 103 Å². The molecule has 18 nitrogen and oxygen atoms in total. The number of nitrogens with one attached hydrogen (secondary N) is 6. The molecular weight excluding hydrogens is 1040 g/mol. The number of para-hydroxylation sites is 2. The average molecular weight is 1140 g/mol. The number of nitrogens with zero attached hydrogens (tertiary/aromatic N) is 6. The van der Waals surface area contributed by atoms with Crippen molar-refractivity contribution in [2.24, 2.45) is 0 Å². The Morgan fingerprint density at radius 3 is 1.92 bits per heavy atom. The molecule has 0 radical (unpaired) electrons. The Labute approximate surface area is 490 Å². The molecule has 0 saturated carbocycles. The van der Waals surface area contributed by atoms with E-state index in [9.17, 15) is 28.8 Å². The molecule has 446 valence electrons. The van der Waals surface area contributed by atoms with E-state index in [0.717, 1.165) is 116 Å². The zero-order valence-corrected chi connectivity index (χ0v) is 49.9. The van der Waals surface area contributed by atoms with E-state index >= 15 is 0 Å². The number of hydrogen-bond acceptors (Lipinski definition) is 10. The largest absolute Gasteiger partial charge is 0.345 e. The zero-order valence-electron chi connectivity index (χ0n) is 49.9. The number of imidazole rings is 2. The summed E-state index contributed by atoms with van der Waals surface area (Å²) in [6, 6.07) is 30.3. The maximum Gasteiger partial charge on any atom is 0.247 e. The molecule has 3 fully saturated rings. The van der Waals surface area contributed by atoms with Gasteiger partial charge in [0.25, 0.3) is 0 Å². The van der Waals surface area contributed by atoms with Gasteiger partial charge in [0.1, 0.15) is 17.9 Å². The van der Waals surface area contributed by atoms with Crippen LogP contribution in [-0.4, -0.2) is 160 Å². The van der Waals surface area contributed by atoms with E-state index in [1.807, 2.05) is 86.6 Å². The molecule has 5 heterocycles. The number of H-pyrrole nitrogens is 2. The van der Waals surface area contributed by atoms with Crippen molar-refractivity contribution in [3.8, 4) is 22.3 Å². The number of carbonyl (C=O) groups excluding carboxylic acids is 6. The first-order valence-electron chi connectivity index (χ1n) is 30.4. The first-order valence-corrected chi connectivity index (χ1v) is 30.4. The molecule has 6 aromatic rings. The Balaban J connectivity index is 0.000000463. The highest BCUT2D eigenvalue weighted by atomic mass is 16.2. The van der Waals surface area contributed by atoms with Gasteiger partial charge in [0.05, 0.1) is 40.5 Å². The molecule has 5 atom stereocenters. The van der Waals surface area contributed by atoms with Gasteiger partial charge in [0.2, 0.25) is 35.4 Å². The quantitative estimate of drug-likeness (QED) is 0.0335. The normalized spacial score (nSPS) is 17.5. The molecule has 2 aromatic heterocycles. The lowest BCUT2D eigenvalue weighted by Crippen LogP contribution is -2.60. The Kier molecular flexibility index (Phi) is 24.7. The third kappa shape index (κ3) is 17.3. The molecule has 3 saturated heterocycles. The number of amides is 6. The lowest BCUT2D eigenvalue weighted by Gasteiger charge is -2.39. The first kappa shape index (κ1) is 63.1. The van der Waals surface area contributed by atoms with Crippen molar-refractivity contribution in [3.05, 3.63) is 109 Å². The van der Waals surface area contributed by atoms with Crippen LogP contribution in [0.5, 0.6) is 0 Å². The summed E-state index contributed by atoms with van der Waals surface area (Å²) in [5.41, 5.74) is 8.35. The number of benzene rings is 4. The van der Waals surface area contributed by atoms with Crippen LogP contribution in [0.4, 0.5) is 0 Å². The van der Waals surface area contributed by atoms with Crippen molar-refractivity contribution >= 4 is 57.5 Å². The van der Waals surface area contributed by atoms with E-state index < -0.39 is 18.1 Å². The van der Waals surface area contributed by atoms with E-state index in [-0.39, 0.29) is 67.0 Å². The SMILES string of the molecule is CCC(=O)N[C@@H](CN(CC)C(=O)CCCCCCCCCCC(=O)N1CCC2CCC(c3nc4c(-c5ccccc5)cccc4[nH]3)N2C(=O)C(NC(=O)C(C)NC)C1)C(=O)N1CCCC1.CNC.c1ccc(-c2cccc3[nH]cnc23)cc1. The maximum atomic E-state index is 14.6. The van der Waals surface area contributed by atoms with Crippen molar-refractivity contribution in [1.82, 2.24) is 60.8 Å². The second kappa shape index (κ2) is 32.4. The Morgan fingerprint density at radius 2 is 1.30 bits per heavy atom. The molecule has 0 aliphatic carbocycles. The number of rotatable bonds is 23. The molecule has 0 bridgehead atoms. The first-order chi connectivity index (χ1) is 40.4. The minimum atomic E-state index is -0.885. The van der Waals surface area contributed by atoms with Gasteiger partial charge in [0.15, 0.2) is 0 Å². The third-order valence-electron chi connectivity index (χ3n) is 16.2. The van der Waals surface area contributed by atoms with Crippen molar-refractivity contribution in [2.75, 3.05) is 60.4 Å². The summed E-state index contributed by atoms with van der Waals surface area (Å²) in [4.78, 5) is 103. The van der Waals surface area contributed by atoms with Gasteiger partial charge in [-0.05, 0) is 103 Å². The monoisotopic (exact) mass is 1130 g/mol. The molecule has 4 unspecified atom stereocenters. The lowest BCUT2D eigenvalue weighted by atomic mass is 10.0. The fourth-order valence-electron chi connectivity index (χ4n) is 11.5. The Morgan fingerprint density at radius 1 is 0.699 bits per heavy atom. The Hall–Kier alpha value is -7.44. The number of likely N-dealkylation sites (tertiary alicyclic amines) is 1. The second-order valence-corrected chi connectivity index (χ2v) is 22.1. The van der Waals surface area contributed by atoms with E-state index in [1.165, 1.54) is 11.1 Å². The molecule has 4 aromatic carbocycles. The van der Waals surface area contributed by atoms with Crippen molar-refractivity contribution in [2.45, 2.75) is 154 Å². The predicted octanol–water partition coefficient (Wildman–Crippen LogP) is 8.92. The van der Waals surface area contributed by atoms with Crippen LogP contribution in [0.1, 0.15) is 135 Å². The summed E-state index contributed by atoms with van der Waals surface area (Å²) < 4.78 is 0.